The van der Waals surface area contributed by atoms with Crippen molar-refractivity contribution in [2.24, 2.45) is 0 Å². The molecule has 2 nitrogen and oxygen atoms in total. The lowest BCUT2D eigenvalue weighted by Gasteiger charge is -2.13. The highest BCUT2D eigenvalue weighted by molar-refractivity contribution is 5.86. The van der Waals surface area contributed by atoms with Gasteiger partial charge in [-0.05, 0) is 96.5 Å². The van der Waals surface area contributed by atoms with E-state index in [9.17, 15) is 0 Å². The lowest BCUT2D eigenvalue weighted by Crippen LogP contribution is -1.91. The van der Waals surface area contributed by atoms with Gasteiger partial charge >= 0.3 is 0 Å². The van der Waals surface area contributed by atoms with Crippen molar-refractivity contribution in [3.63, 3.8) is 0 Å². The van der Waals surface area contributed by atoms with Crippen LogP contribution in [0.1, 0.15) is 22.3 Å². The van der Waals surface area contributed by atoms with Crippen LogP contribution in [0.15, 0.2) is 97.3 Å². The van der Waals surface area contributed by atoms with Gasteiger partial charge in [-0.2, -0.15) is 0 Å². The van der Waals surface area contributed by atoms with Gasteiger partial charge in [-0.25, -0.2) is 0 Å². The number of aryl methyl sites for hydroxylation is 4. The minimum absolute atomic E-state index is 1.00. The fraction of sp³-hybridized carbons (Fsp3) is 0.125. The molecule has 5 aromatic rings. The third kappa shape index (κ3) is 4.27. The molecule has 0 saturated heterocycles. The molecule has 5 rings (SSSR count). The molecule has 0 N–H and O–H groups in total. The first-order chi connectivity index (χ1) is 16.5. The Balaban J connectivity index is 1.58. The van der Waals surface area contributed by atoms with Crippen LogP contribution in [0.3, 0.4) is 0 Å². The van der Waals surface area contributed by atoms with Crippen molar-refractivity contribution in [1.29, 1.82) is 0 Å². The summed E-state index contributed by atoms with van der Waals surface area (Å²) in [6.45, 7) is 8.47. The standard InChI is InChI=1S/C32H28N2/c1-21-15-31(33-19-23(21)3)27-11-7-9-25(17-27)29-13-5-6-14-30(29)26-10-8-12-28(18-26)32-16-22(2)24(4)20-34-32/h5-20H,1-4H3. The third-order valence-corrected chi connectivity index (χ3v) is 6.61. The van der Waals surface area contributed by atoms with E-state index in [1.807, 2.05) is 12.4 Å². The van der Waals surface area contributed by atoms with Crippen LogP contribution in [0.5, 0.6) is 0 Å². The maximum atomic E-state index is 4.68. The maximum Gasteiger partial charge on any atom is 0.0705 e. The number of hydrogen-bond donors (Lipinski definition) is 0. The highest BCUT2D eigenvalue weighted by Crippen LogP contribution is 2.35. The minimum Gasteiger partial charge on any atom is -0.256 e. The molecule has 0 amide bonds. The molecule has 0 unspecified atom stereocenters. The molecule has 0 bridgehead atoms. The molecule has 0 atom stereocenters. The topological polar surface area (TPSA) is 25.8 Å². The quantitative estimate of drug-likeness (QED) is 0.280. The molecule has 166 valence electrons. The zero-order valence-corrected chi connectivity index (χ0v) is 20.1. The Bertz CT molecular complexity index is 1380. The number of pyridine rings is 2. The van der Waals surface area contributed by atoms with Crippen LogP contribution in [0, 0.1) is 27.7 Å². The zero-order chi connectivity index (χ0) is 23.7. The summed E-state index contributed by atoms with van der Waals surface area (Å²) in [5.74, 6) is 0. The van der Waals surface area contributed by atoms with Crippen LogP contribution in [0.25, 0.3) is 44.8 Å². The van der Waals surface area contributed by atoms with Gasteiger partial charge in [0.1, 0.15) is 0 Å². The summed E-state index contributed by atoms with van der Waals surface area (Å²) in [6.07, 6.45) is 3.91. The molecular formula is C32H28N2. The molecule has 0 aliphatic carbocycles. The average Bonchev–Trinajstić information content (AvgIpc) is 2.87. The van der Waals surface area contributed by atoms with E-state index < -0.39 is 0 Å². The second kappa shape index (κ2) is 9.07. The number of benzene rings is 3. The van der Waals surface area contributed by atoms with E-state index in [1.165, 1.54) is 44.5 Å². The number of hydrogen-bond acceptors (Lipinski definition) is 2. The first-order valence-electron chi connectivity index (χ1n) is 11.7. The van der Waals surface area contributed by atoms with Crippen LogP contribution in [-0.2, 0) is 0 Å². The lowest BCUT2D eigenvalue weighted by atomic mass is 9.92. The Morgan fingerprint density at radius 2 is 0.824 bits per heavy atom. The van der Waals surface area contributed by atoms with Crippen LogP contribution >= 0.6 is 0 Å². The van der Waals surface area contributed by atoms with Crippen LogP contribution in [0.4, 0.5) is 0 Å². The highest BCUT2D eigenvalue weighted by Gasteiger charge is 2.11. The maximum absolute atomic E-state index is 4.68. The summed E-state index contributed by atoms with van der Waals surface area (Å²) < 4.78 is 0. The lowest BCUT2D eigenvalue weighted by molar-refractivity contribution is 1.22. The summed E-state index contributed by atoms with van der Waals surface area (Å²) in [6, 6.07) is 30.3. The molecule has 0 aliphatic heterocycles. The van der Waals surface area contributed by atoms with Gasteiger partial charge in [0.25, 0.3) is 0 Å². The van der Waals surface area contributed by atoms with Crippen LogP contribution in [0.2, 0.25) is 0 Å². The molecule has 34 heavy (non-hydrogen) atoms. The normalized spacial score (nSPS) is 10.9. The minimum atomic E-state index is 1.00. The number of nitrogens with zero attached hydrogens (tertiary/aromatic N) is 2. The van der Waals surface area contributed by atoms with E-state index >= 15 is 0 Å². The fourth-order valence-corrected chi connectivity index (χ4v) is 4.24. The molecule has 0 saturated carbocycles. The summed E-state index contributed by atoms with van der Waals surface area (Å²) in [5.41, 5.74) is 14.0. The van der Waals surface area contributed by atoms with Gasteiger partial charge in [0, 0.05) is 23.5 Å². The zero-order valence-electron chi connectivity index (χ0n) is 20.1. The summed E-state index contributed by atoms with van der Waals surface area (Å²) in [7, 11) is 0. The molecule has 0 spiro atoms. The highest BCUT2D eigenvalue weighted by atomic mass is 14.7. The van der Waals surface area contributed by atoms with Gasteiger partial charge in [0.15, 0.2) is 0 Å². The van der Waals surface area contributed by atoms with Gasteiger partial charge in [-0.3, -0.25) is 9.97 Å². The average molecular weight is 441 g/mol. The second-order valence-corrected chi connectivity index (χ2v) is 9.01. The van der Waals surface area contributed by atoms with Crippen molar-refractivity contribution in [3.8, 4) is 44.8 Å². The van der Waals surface area contributed by atoms with E-state index in [-0.39, 0.29) is 0 Å². The van der Waals surface area contributed by atoms with Crippen molar-refractivity contribution >= 4 is 0 Å². The molecule has 2 heterocycles. The summed E-state index contributed by atoms with van der Waals surface area (Å²) in [4.78, 5) is 9.35. The summed E-state index contributed by atoms with van der Waals surface area (Å²) >= 11 is 0. The molecule has 0 aliphatic rings. The smallest absolute Gasteiger partial charge is 0.0705 e. The van der Waals surface area contributed by atoms with Crippen molar-refractivity contribution in [1.82, 2.24) is 9.97 Å². The summed E-state index contributed by atoms with van der Waals surface area (Å²) in [5, 5.41) is 0. The van der Waals surface area contributed by atoms with Gasteiger partial charge in [-0.1, -0.05) is 60.7 Å². The van der Waals surface area contributed by atoms with Gasteiger partial charge < -0.3 is 0 Å². The Labute approximate surface area is 202 Å². The van der Waals surface area contributed by atoms with Crippen LogP contribution in [-0.4, -0.2) is 9.97 Å². The molecule has 0 radical (unpaired) electrons. The predicted octanol–water partition coefficient (Wildman–Crippen LogP) is 8.38. The van der Waals surface area contributed by atoms with Crippen molar-refractivity contribution in [3.05, 3.63) is 120 Å². The van der Waals surface area contributed by atoms with E-state index in [0.717, 1.165) is 22.5 Å². The molecular weight excluding hydrogens is 412 g/mol. The van der Waals surface area contributed by atoms with Gasteiger partial charge in [-0.15, -0.1) is 0 Å². The third-order valence-electron chi connectivity index (χ3n) is 6.61. The Hall–Kier alpha value is -4.04. The Morgan fingerprint density at radius 1 is 0.412 bits per heavy atom. The van der Waals surface area contributed by atoms with Crippen molar-refractivity contribution < 1.29 is 0 Å². The number of rotatable bonds is 4. The Morgan fingerprint density at radius 3 is 1.24 bits per heavy atom. The van der Waals surface area contributed by atoms with E-state index in [2.05, 4.69) is 123 Å². The largest absolute Gasteiger partial charge is 0.256 e. The number of aromatic nitrogens is 2. The molecule has 2 aromatic heterocycles. The monoisotopic (exact) mass is 440 g/mol. The first kappa shape index (κ1) is 21.8. The second-order valence-electron chi connectivity index (χ2n) is 9.01. The predicted molar refractivity (Wildman–Crippen MR) is 143 cm³/mol. The van der Waals surface area contributed by atoms with Gasteiger partial charge in [0.05, 0.1) is 11.4 Å². The van der Waals surface area contributed by atoms with Crippen LogP contribution < -0.4 is 0 Å². The van der Waals surface area contributed by atoms with Crippen molar-refractivity contribution in [2.45, 2.75) is 27.7 Å². The molecule has 2 heteroatoms. The van der Waals surface area contributed by atoms with E-state index in [1.54, 1.807) is 0 Å². The fourth-order valence-electron chi connectivity index (χ4n) is 4.24. The molecule has 0 fully saturated rings. The Kier molecular flexibility index (Phi) is 5.81. The SMILES string of the molecule is Cc1cnc(-c2cccc(-c3ccccc3-c3cccc(-c4cc(C)c(C)cn4)c3)c2)cc1C. The molecule has 3 aromatic carbocycles. The van der Waals surface area contributed by atoms with Crippen molar-refractivity contribution in [2.75, 3.05) is 0 Å². The first-order valence-corrected chi connectivity index (χ1v) is 11.7. The van der Waals surface area contributed by atoms with E-state index in [4.69, 9.17) is 0 Å². The van der Waals surface area contributed by atoms with Gasteiger partial charge in [0.2, 0.25) is 0 Å². The van der Waals surface area contributed by atoms with E-state index in [0.29, 0.717) is 0 Å².